The third kappa shape index (κ3) is 3.12. The van der Waals surface area contributed by atoms with Crippen LogP contribution in [0.25, 0.3) is 0 Å². The van der Waals surface area contributed by atoms with Gasteiger partial charge < -0.3 is 14.8 Å². The van der Waals surface area contributed by atoms with Crippen molar-refractivity contribution in [2.75, 3.05) is 19.8 Å². The highest BCUT2D eigenvalue weighted by Crippen LogP contribution is 2.32. The highest BCUT2D eigenvalue weighted by atomic mass is 32.1. The molecule has 2 N–H and O–H groups in total. The number of thiophene rings is 1. The number of H-pyrrole nitrogens is 1. The van der Waals surface area contributed by atoms with Crippen molar-refractivity contribution in [2.24, 2.45) is 0 Å². The number of fused-ring (bicyclic) bond motifs is 1. The first kappa shape index (κ1) is 15.0. The monoisotopic (exact) mass is 325 g/mol. The van der Waals surface area contributed by atoms with Gasteiger partial charge in [-0.25, -0.2) is 0 Å². The van der Waals surface area contributed by atoms with Crippen molar-refractivity contribution in [3.8, 4) is 5.88 Å². The molecule has 1 unspecified atom stereocenters. The van der Waals surface area contributed by atoms with Crippen LogP contribution >= 0.6 is 11.3 Å². The molecular weight excluding hydrogens is 309 g/mol. The Morgan fingerprint density at radius 1 is 1.64 bits per heavy atom. The van der Waals surface area contributed by atoms with Crippen LogP contribution in [0.3, 0.4) is 0 Å². The van der Waals surface area contributed by atoms with Gasteiger partial charge in [-0.2, -0.15) is 4.39 Å². The Labute approximate surface area is 130 Å². The molecule has 0 aliphatic carbocycles. The number of nitrogens with zero attached hydrogens (tertiary/aromatic N) is 1. The van der Waals surface area contributed by atoms with Crippen LogP contribution in [0.2, 0.25) is 0 Å². The zero-order valence-corrected chi connectivity index (χ0v) is 12.8. The van der Waals surface area contributed by atoms with Gasteiger partial charge in [0.1, 0.15) is 11.8 Å². The summed E-state index contributed by atoms with van der Waals surface area (Å²) >= 11 is 1.14. The second-order valence-corrected chi connectivity index (χ2v) is 5.89. The second-order valence-electron chi connectivity index (χ2n) is 4.80. The van der Waals surface area contributed by atoms with Crippen LogP contribution in [0.1, 0.15) is 34.0 Å². The average molecular weight is 325 g/mol. The number of carbonyl (C=O) groups is 1. The van der Waals surface area contributed by atoms with E-state index in [1.165, 1.54) is 12.1 Å². The largest absolute Gasteiger partial charge is 0.477 e. The normalized spacial score (nSPS) is 17.1. The van der Waals surface area contributed by atoms with Crippen LogP contribution in [0.15, 0.2) is 12.1 Å². The topological polar surface area (TPSA) is 76.2 Å². The highest BCUT2D eigenvalue weighted by Gasteiger charge is 2.24. The predicted octanol–water partition coefficient (Wildman–Crippen LogP) is 2.05. The van der Waals surface area contributed by atoms with Gasteiger partial charge in [0.25, 0.3) is 5.91 Å². The molecule has 2 aromatic heterocycles. The lowest BCUT2D eigenvalue weighted by atomic mass is 10.1. The van der Waals surface area contributed by atoms with E-state index in [1.807, 2.05) is 6.92 Å². The van der Waals surface area contributed by atoms with Gasteiger partial charge in [-0.15, -0.1) is 16.4 Å². The molecule has 0 bridgehead atoms. The van der Waals surface area contributed by atoms with Crippen LogP contribution in [0, 0.1) is 5.13 Å². The highest BCUT2D eigenvalue weighted by molar-refractivity contribution is 7.10. The summed E-state index contributed by atoms with van der Waals surface area (Å²) in [6.07, 6.45) is 0.398. The van der Waals surface area contributed by atoms with E-state index >= 15 is 0 Å². The molecule has 6 nitrogen and oxygen atoms in total. The summed E-state index contributed by atoms with van der Waals surface area (Å²) in [6, 6.07) is 3.02. The first-order valence-corrected chi connectivity index (χ1v) is 7.85. The lowest BCUT2D eigenvalue weighted by molar-refractivity contribution is 0.0421. The van der Waals surface area contributed by atoms with Gasteiger partial charge in [0.05, 0.1) is 13.2 Å². The summed E-state index contributed by atoms with van der Waals surface area (Å²) in [4.78, 5) is 13.0. The maximum atomic E-state index is 13.4. The molecule has 2 aromatic rings. The molecule has 0 saturated heterocycles. The van der Waals surface area contributed by atoms with Crippen molar-refractivity contribution in [3.63, 3.8) is 0 Å². The van der Waals surface area contributed by atoms with E-state index in [-0.39, 0.29) is 23.7 Å². The maximum Gasteiger partial charge on any atom is 0.269 e. The van der Waals surface area contributed by atoms with Crippen molar-refractivity contribution in [2.45, 2.75) is 19.4 Å². The van der Waals surface area contributed by atoms with E-state index in [4.69, 9.17) is 9.47 Å². The molecule has 0 aromatic carbocycles. The van der Waals surface area contributed by atoms with E-state index in [9.17, 15) is 9.18 Å². The Hall–Kier alpha value is -1.93. The van der Waals surface area contributed by atoms with Crippen LogP contribution < -0.4 is 10.1 Å². The summed E-state index contributed by atoms with van der Waals surface area (Å²) in [7, 11) is 0. The molecule has 3 rings (SSSR count). The molecule has 1 amide bonds. The smallest absolute Gasteiger partial charge is 0.269 e. The van der Waals surface area contributed by atoms with Gasteiger partial charge in [0, 0.05) is 23.9 Å². The Morgan fingerprint density at radius 2 is 2.50 bits per heavy atom. The minimum absolute atomic E-state index is 0.221. The number of hydrogen-bond donors (Lipinski definition) is 2. The summed E-state index contributed by atoms with van der Waals surface area (Å²) in [5.74, 6) is 0.0774. The fourth-order valence-electron chi connectivity index (χ4n) is 2.35. The second kappa shape index (κ2) is 6.45. The van der Waals surface area contributed by atoms with Crippen molar-refractivity contribution >= 4 is 17.2 Å². The molecule has 3 heterocycles. The third-order valence-electron chi connectivity index (χ3n) is 3.35. The molecule has 1 aliphatic heterocycles. The lowest BCUT2D eigenvalue weighted by Gasteiger charge is -2.23. The number of amides is 1. The molecule has 0 saturated carbocycles. The molecule has 1 aliphatic rings. The van der Waals surface area contributed by atoms with E-state index in [0.29, 0.717) is 31.2 Å². The lowest BCUT2D eigenvalue weighted by Crippen LogP contribution is -2.31. The number of aromatic nitrogens is 2. The zero-order valence-electron chi connectivity index (χ0n) is 12.0. The fourth-order valence-corrected chi connectivity index (χ4v) is 3.27. The number of aromatic amines is 1. The van der Waals surface area contributed by atoms with Gasteiger partial charge in [0.2, 0.25) is 5.88 Å². The van der Waals surface area contributed by atoms with Crippen LogP contribution in [-0.2, 0) is 11.2 Å². The molecule has 0 radical (unpaired) electrons. The van der Waals surface area contributed by atoms with Gasteiger partial charge >= 0.3 is 0 Å². The number of halogens is 1. The Bertz CT molecular complexity index is 670. The molecule has 1 atom stereocenters. The summed E-state index contributed by atoms with van der Waals surface area (Å²) in [6.45, 7) is 3.14. The van der Waals surface area contributed by atoms with Crippen LogP contribution in [0.5, 0.6) is 5.88 Å². The Balaban J connectivity index is 1.61. The van der Waals surface area contributed by atoms with Crippen LogP contribution in [-0.4, -0.2) is 35.9 Å². The quantitative estimate of drug-likeness (QED) is 0.882. The van der Waals surface area contributed by atoms with Crippen LogP contribution in [0.4, 0.5) is 4.39 Å². The number of carbonyl (C=O) groups excluding carboxylic acids is 1. The molecular formula is C14H16FN3O3S. The van der Waals surface area contributed by atoms with Crippen molar-refractivity contribution in [1.82, 2.24) is 15.5 Å². The van der Waals surface area contributed by atoms with E-state index < -0.39 is 0 Å². The Morgan fingerprint density at radius 3 is 3.32 bits per heavy atom. The Kier molecular flexibility index (Phi) is 4.39. The zero-order chi connectivity index (χ0) is 15.5. The van der Waals surface area contributed by atoms with Gasteiger partial charge in [0.15, 0.2) is 5.13 Å². The first-order valence-electron chi connectivity index (χ1n) is 7.03. The van der Waals surface area contributed by atoms with Crippen molar-refractivity contribution in [3.05, 3.63) is 33.4 Å². The van der Waals surface area contributed by atoms with E-state index in [2.05, 4.69) is 15.5 Å². The number of ether oxygens (including phenoxy) is 2. The third-order valence-corrected chi connectivity index (χ3v) is 4.34. The summed E-state index contributed by atoms with van der Waals surface area (Å²) < 4.78 is 24.2. The predicted molar refractivity (Wildman–Crippen MR) is 78.8 cm³/mol. The van der Waals surface area contributed by atoms with E-state index in [0.717, 1.165) is 21.8 Å². The SMILES string of the molecule is CCOc1cc(C(=O)NCC2OCCc3sc(F)cc32)[nH]n1. The molecule has 0 fully saturated rings. The number of rotatable bonds is 5. The van der Waals surface area contributed by atoms with Gasteiger partial charge in [-0.1, -0.05) is 0 Å². The van der Waals surface area contributed by atoms with Gasteiger partial charge in [-0.05, 0) is 18.6 Å². The molecule has 22 heavy (non-hydrogen) atoms. The number of nitrogens with one attached hydrogen (secondary N) is 2. The fraction of sp³-hybridized carbons (Fsp3) is 0.429. The summed E-state index contributed by atoms with van der Waals surface area (Å²) in [5, 5.41) is 9.03. The standard InChI is InChI=1S/C14H16FN3O3S/c1-2-20-13-6-9(17-18-13)14(19)16-7-10-8-5-12(15)22-11(8)3-4-21-10/h5-6,10H,2-4,7H2,1H3,(H,16,19)(H,17,18). The summed E-state index contributed by atoms with van der Waals surface area (Å²) in [5.41, 5.74) is 1.14. The van der Waals surface area contributed by atoms with E-state index in [1.54, 1.807) is 0 Å². The first-order chi connectivity index (χ1) is 10.7. The average Bonchev–Trinajstić information content (AvgIpc) is 3.11. The van der Waals surface area contributed by atoms with Crippen molar-refractivity contribution in [1.29, 1.82) is 0 Å². The van der Waals surface area contributed by atoms with Gasteiger partial charge in [-0.3, -0.25) is 9.89 Å². The molecule has 118 valence electrons. The number of hydrogen-bond acceptors (Lipinski definition) is 5. The minimum atomic E-state index is -0.317. The maximum absolute atomic E-state index is 13.4. The molecule has 8 heteroatoms. The van der Waals surface area contributed by atoms with Crippen molar-refractivity contribution < 1.29 is 18.7 Å². The molecule has 0 spiro atoms. The minimum Gasteiger partial charge on any atom is -0.477 e.